The molecule has 0 aliphatic heterocycles. The maximum absolute atomic E-state index is 12.1. The number of ether oxygens (including phenoxy) is 2. The minimum atomic E-state index is -0.557. The predicted octanol–water partition coefficient (Wildman–Crippen LogP) is 2.13. The summed E-state index contributed by atoms with van der Waals surface area (Å²) in [7, 11) is 2.77. The molecule has 21 heavy (non-hydrogen) atoms. The van der Waals surface area contributed by atoms with Crippen LogP contribution < -0.4 is 10.1 Å². The lowest BCUT2D eigenvalue weighted by atomic mass is 10.1. The van der Waals surface area contributed by atoms with Crippen LogP contribution in [-0.2, 0) is 4.74 Å². The molecule has 0 saturated carbocycles. The van der Waals surface area contributed by atoms with Gasteiger partial charge < -0.3 is 14.8 Å². The van der Waals surface area contributed by atoms with Gasteiger partial charge in [-0.05, 0) is 30.3 Å². The number of amides is 1. The number of methoxy groups -OCH3 is 2. The normalized spacial score (nSPS) is 9.81. The van der Waals surface area contributed by atoms with Crippen LogP contribution in [0.4, 0.5) is 5.69 Å². The molecule has 0 radical (unpaired) electrons. The van der Waals surface area contributed by atoms with Crippen LogP contribution in [0.5, 0.6) is 5.75 Å². The van der Waals surface area contributed by atoms with E-state index in [0.717, 1.165) is 0 Å². The molecule has 6 heteroatoms. The lowest BCUT2D eigenvalue weighted by Gasteiger charge is -2.11. The third-order valence-electron chi connectivity index (χ3n) is 2.82. The summed E-state index contributed by atoms with van der Waals surface area (Å²) >= 11 is 0. The monoisotopic (exact) mass is 286 g/mol. The molecule has 2 aromatic rings. The van der Waals surface area contributed by atoms with E-state index in [-0.39, 0.29) is 11.5 Å². The van der Waals surface area contributed by atoms with Crippen molar-refractivity contribution in [1.82, 2.24) is 4.98 Å². The maximum atomic E-state index is 12.1. The number of aromatic nitrogens is 1. The molecule has 1 aromatic carbocycles. The van der Waals surface area contributed by atoms with Gasteiger partial charge in [-0.25, -0.2) is 4.79 Å². The number of nitrogens with one attached hydrogen (secondary N) is 1. The highest BCUT2D eigenvalue weighted by atomic mass is 16.5. The number of carbonyl (C=O) groups is 2. The molecule has 2 rings (SSSR count). The highest BCUT2D eigenvalue weighted by Crippen LogP contribution is 2.23. The number of rotatable bonds is 4. The topological polar surface area (TPSA) is 77.5 Å². The summed E-state index contributed by atoms with van der Waals surface area (Å²) in [5.41, 5.74) is 1.01. The lowest BCUT2D eigenvalue weighted by molar-refractivity contribution is 0.0601. The van der Waals surface area contributed by atoms with Crippen molar-refractivity contribution in [2.24, 2.45) is 0 Å². The minimum Gasteiger partial charge on any atom is -0.497 e. The van der Waals surface area contributed by atoms with Crippen LogP contribution in [0.2, 0.25) is 0 Å². The van der Waals surface area contributed by atoms with Crippen LogP contribution in [0, 0.1) is 0 Å². The van der Waals surface area contributed by atoms with Gasteiger partial charge in [0, 0.05) is 18.0 Å². The average molecular weight is 286 g/mol. The Kier molecular flexibility index (Phi) is 4.50. The molecule has 0 spiro atoms. The molecule has 0 bridgehead atoms. The van der Waals surface area contributed by atoms with E-state index in [9.17, 15) is 9.59 Å². The number of pyridine rings is 1. The van der Waals surface area contributed by atoms with E-state index < -0.39 is 5.97 Å². The van der Waals surface area contributed by atoms with Gasteiger partial charge in [0.05, 0.1) is 25.5 Å². The van der Waals surface area contributed by atoms with Crippen LogP contribution in [0.25, 0.3) is 0 Å². The molecule has 0 fully saturated rings. The van der Waals surface area contributed by atoms with E-state index in [1.165, 1.54) is 32.7 Å². The second-order valence-corrected chi connectivity index (χ2v) is 4.09. The van der Waals surface area contributed by atoms with E-state index >= 15 is 0 Å². The fourth-order valence-corrected chi connectivity index (χ4v) is 1.74. The summed E-state index contributed by atoms with van der Waals surface area (Å²) in [5.74, 6) is -0.399. The first kappa shape index (κ1) is 14.5. The van der Waals surface area contributed by atoms with Crippen LogP contribution in [-0.4, -0.2) is 31.1 Å². The Labute approximate surface area is 121 Å². The summed E-state index contributed by atoms with van der Waals surface area (Å²) < 4.78 is 9.77. The highest BCUT2D eigenvalue weighted by Gasteiger charge is 2.16. The van der Waals surface area contributed by atoms with E-state index in [1.54, 1.807) is 24.3 Å². The zero-order chi connectivity index (χ0) is 15.2. The maximum Gasteiger partial charge on any atom is 0.340 e. The van der Waals surface area contributed by atoms with E-state index in [0.29, 0.717) is 17.0 Å². The second kappa shape index (κ2) is 6.51. The Morgan fingerprint density at radius 2 is 1.81 bits per heavy atom. The summed E-state index contributed by atoms with van der Waals surface area (Å²) in [6.07, 6.45) is 3.04. The molecule has 0 aliphatic carbocycles. The lowest BCUT2D eigenvalue weighted by Crippen LogP contribution is -2.15. The molecular formula is C15H14N2O4. The fraction of sp³-hybridized carbons (Fsp3) is 0.133. The van der Waals surface area contributed by atoms with Crippen molar-refractivity contribution in [2.75, 3.05) is 19.5 Å². The molecule has 0 unspecified atom stereocenters. The highest BCUT2D eigenvalue weighted by molar-refractivity contribution is 6.08. The quantitative estimate of drug-likeness (QED) is 0.871. The van der Waals surface area contributed by atoms with E-state index in [2.05, 4.69) is 10.3 Å². The number of benzene rings is 1. The fourth-order valence-electron chi connectivity index (χ4n) is 1.74. The van der Waals surface area contributed by atoms with Gasteiger partial charge in [-0.1, -0.05) is 0 Å². The van der Waals surface area contributed by atoms with Crippen molar-refractivity contribution in [3.05, 3.63) is 53.9 Å². The van der Waals surface area contributed by atoms with Crippen molar-refractivity contribution in [2.45, 2.75) is 0 Å². The number of hydrogen-bond acceptors (Lipinski definition) is 5. The standard InChI is InChI=1S/C15H14N2O4/c1-20-11-3-4-13(12(9-11)15(19)21-2)17-14(18)10-5-7-16-8-6-10/h3-9H,1-2H3,(H,17,18). The van der Waals surface area contributed by atoms with Crippen molar-refractivity contribution >= 4 is 17.6 Å². The Morgan fingerprint density at radius 1 is 1.10 bits per heavy atom. The second-order valence-electron chi connectivity index (χ2n) is 4.09. The number of esters is 1. The third kappa shape index (κ3) is 3.36. The van der Waals surface area contributed by atoms with Gasteiger partial charge in [0.25, 0.3) is 5.91 Å². The molecule has 6 nitrogen and oxygen atoms in total. The first-order valence-corrected chi connectivity index (χ1v) is 6.13. The van der Waals surface area contributed by atoms with Gasteiger partial charge in [-0.15, -0.1) is 0 Å². The van der Waals surface area contributed by atoms with E-state index in [1.807, 2.05) is 0 Å². The number of anilines is 1. The number of nitrogens with zero attached hydrogens (tertiary/aromatic N) is 1. The minimum absolute atomic E-state index is 0.222. The molecule has 108 valence electrons. The summed E-state index contributed by atoms with van der Waals surface area (Å²) in [6.45, 7) is 0. The number of carbonyl (C=O) groups excluding carboxylic acids is 2. The van der Waals surface area contributed by atoms with Crippen molar-refractivity contribution in [1.29, 1.82) is 0 Å². The Bertz CT molecular complexity index is 656. The number of hydrogen-bond donors (Lipinski definition) is 1. The largest absolute Gasteiger partial charge is 0.497 e. The molecule has 1 aromatic heterocycles. The van der Waals surface area contributed by atoms with Crippen molar-refractivity contribution in [3.63, 3.8) is 0 Å². The predicted molar refractivity (Wildman–Crippen MR) is 76.5 cm³/mol. The molecular weight excluding hydrogens is 272 g/mol. The SMILES string of the molecule is COC(=O)c1cc(OC)ccc1NC(=O)c1ccncc1. The van der Waals surface area contributed by atoms with Crippen LogP contribution in [0.3, 0.4) is 0 Å². The van der Waals surface area contributed by atoms with Crippen LogP contribution in [0.1, 0.15) is 20.7 Å². The molecule has 1 N–H and O–H groups in total. The third-order valence-corrected chi connectivity index (χ3v) is 2.82. The van der Waals surface area contributed by atoms with E-state index in [4.69, 9.17) is 9.47 Å². The van der Waals surface area contributed by atoms with Gasteiger partial charge in [-0.2, -0.15) is 0 Å². The molecule has 1 heterocycles. The summed E-state index contributed by atoms with van der Waals surface area (Å²) in [6, 6.07) is 7.90. The van der Waals surface area contributed by atoms with Gasteiger partial charge in [0.1, 0.15) is 5.75 Å². The van der Waals surface area contributed by atoms with Gasteiger partial charge >= 0.3 is 5.97 Å². The molecule has 0 saturated heterocycles. The smallest absolute Gasteiger partial charge is 0.340 e. The zero-order valence-electron chi connectivity index (χ0n) is 11.6. The first-order chi connectivity index (χ1) is 10.2. The van der Waals surface area contributed by atoms with Crippen LogP contribution in [0.15, 0.2) is 42.7 Å². The molecule has 0 atom stereocenters. The van der Waals surface area contributed by atoms with Gasteiger partial charge in [0.2, 0.25) is 0 Å². The molecule has 0 aliphatic rings. The van der Waals surface area contributed by atoms with Gasteiger partial charge in [-0.3, -0.25) is 9.78 Å². The van der Waals surface area contributed by atoms with Crippen molar-refractivity contribution < 1.29 is 19.1 Å². The molecule has 1 amide bonds. The summed E-state index contributed by atoms with van der Waals surface area (Å²) in [5, 5.41) is 2.67. The Morgan fingerprint density at radius 3 is 2.43 bits per heavy atom. The Balaban J connectivity index is 2.31. The zero-order valence-corrected chi connectivity index (χ0v) is 11.6. The first-order valence-electron chi connectivity index (χ1n) is 6.13. The average Bonchev–Trinajstić information content (AvgIpc) is 2.55. The van der Waals surface area contributed by atoms with Crippen molar-refractivity contribution in [3.8, 4) is 5.75 Å². The van der Waals surface area contributed by atoms with Crippen LogP contribution >= 0.6 is 0 Å². The van der Waals surface area contributed by atoms with Gasteiger partial charge in [0.15, 0.2) is 0 Å². The Hall–Kier alpha value is -2.89. The summed E-state index contributed by atoms with van der Waals surface area (Å²) in [4.78, 5) is 27.7.